The fourth-order valence-electron chi connectivity index (χ4n) is 3.12. The van der Waals surface area contributed by atoms with E-state index in [4.69, 9.17) is 16.3 Å². The van der Waals surface area contributed by atoms with Crippen molar-refractivity contribution in [3.05, 3.63) is 34.9 Å². The molecule has 24 heavy (non-hydrogen) atoms. The lowest BCUT2D eigenvalue weighted by molar-refractivity contribution is -0.136. The van der Waals surface area contributed by atoms with Gasteiger partial charge in [0.1, 0.15) is 0 Å². The molecule has 2 aliphatic heterocycles. The Labute approximate surface area is 150 Å². The van der Waals surface area contributed by atoms with Crippen molar-refractivity contribution in [1.82, 2.24) is 10.2 Å². The first-order valence-corrected chi connectivity index (χ1v) is 9.46. The van der Waals surface area contributed by atoms with Gasteiger partial charge in [0.05, 0.1) is 12.7 Å². The number of morpholine rings is 1. The number of nitrogens with zero attached hydrogens (tertiary/aromatic N) is 1. The standard InChI is InChI=1S/C17H23ClN2O2.C2H6/c18-14-6-4-13(5-7-14)9-15-12-22-16(10-19-15)11-20-8-2-1-3-17(20)21;1-2/h4-7,15-16,19H,1-3,8-12H2;1-2H3. The van der Waals surface area contributed by atoms with E-state index in [0.29, 0.717) is 19.1 Å². The average Bonchev–Trinajstić information content (AvgIpc) is 2.62. The van der Waals surface area contributed by atoms with Crippen molar-refractivity contribution in [2.45, 2.75) is 51.7 Å². The van der Waals surface area contributed by atoms with Crippen LogP contribution in [0.3, 0.4) is 0 Å². The normalized spacial score (nSPS) is 24.3. The molecule has 2 unspecified atom stereocenters. The summed E-state index contributed by atoms with van der Waals surface area (Å²) in [6, 6.07) is 8.29. The minimum Gasteiger partial charge on any atom is -0.373 e. The van der Waals surface area contributed by atoms with Gasteiger partial charge in [0.25, 0.3) is 0 Å². The molecule has 2 saturated heterocycles. The van der Waals surface area contributed by atoms with Gasteiger partial charge in [-0.25, -0.2) is 0 Å². The molecular formula is C19H29ClN2O2. The summed E-state index contributed by atoms with van der Waals surface area (Å²) in [6.45, 7) is 7.10. The van der Waals surface area contributed by atoms with Gasteiger partial charge in [0.2, 0.25) is 5.91 Å². The third kappa shape index (κ3) is 5.76. The zero-order chi connectivity index (χ0) is 17.4. The molecule has 4 nitrogen and oxygen atoms in total. The summed E-state index contributed by atoms with van der Waals surface area (Å²) in [7, 11) is 0. The maximum Gasteiger partial charge on any atom is 0.222 e. The summed E-state index contributed by atoms with van der Waals surface area (Å²) in [6.07, 6.45) is 3.89. The number of ether oxygens (including phenoxy) is 1. The molecule has 0 spiro atoms. The van der Waals surface area contributed by atoms with E-state index in [1.54, 1.807) is 0 Å². The van der Waals surface area contributed by atoms with E-state index in [0.717, 1.165) is 43.9 Å². The first-order chi connectivity index (χ1) is 11.7. The Morgan fingerprint density at radius 3 is 2.62 bits per heavy atom. The molecule has 5 heteroatoms. The lowest BCUT2D eigenvalue weighted by atomic mass is 10.0. The van der Waals surface area contributed by atoms with E-state index in [1.165, 1.54) is 5.56 Å². The van der Waals surface area contributed by atoms with E-state index in [1.807, 2.05) is 30.9 Å². The number of halogens is 1. The van der Waals surface area contributed by atoms with Gasteiger partial charge in [-0.2, -0.15) is 0 Å². The van der Waals surface area contributed by atoms with Crippen LogP contribution in [0.5, 0.6) is 0 Å². The molecule has 1 N–H and O–H groups in total. The summed E-state index contributed by atoms with van der Waals surface area (Å²) >= 11 is 5.91. The lowest BCUT2D eigenvalue weighted by Crippen LogP contribution is -2.52. The summed E-state index contributed by atoms with van der Waals surface area (Å²) < 4.78 is 5.96. The van der Waals surface area contributed by atoms with Crippen LogP contribution in [0.2, 0.25) is 5.02 Å². The van der Waals surface area contributed by atoms with E-state index in [-0.39, 0.29) is 12.0 Å². The van der Waals surface area contributed by atoms with Gasteiger partial charge in [-0.3, -0.25) is 4.79 Å². The monoisotopic (exact) mass is 352 g/mol. The molecule has 1 aromatic carbocycles. The van der Waals surface area contributed by atoms with Crippen molar-refractivity contribution >= 4 is 17.5 Å². The van der Waals surface area contributed by atoms with E-state index in [9.17, 15) is 4.79 Å². The van der Waals surface area contributed by atoms with Gasteiger partial charge in [0.15, 0.2) is 0 Å². The molecule has 2 aliphatic rings. The summed E-state index contributed by atoms with van der Waals surface area (Å²) in [5.74, 6) is 0.276. The molecule has 0 radical (unpaired) electrons. The highest BCUT2D eigenvalue weighted by atomic mass is 35.5. The van der Waals surface area contributed by atoms with Crippen molar-refractivity contribution in [3.63, 3.8) is 0 Å². The van der Waals surface area contributed by atoms with E-state index in [2.05, 4.69) is 17.4 Å². The molecule has 1 aromatic rings. The molecule has 0 bridgehead atoms. The van der Waals surface area contributed by atoms with Crippen LogP contribution in [0.25, 0.3) is 0 Å². The summed E-state index contributed by atoms with van der Waals surface area (Å²) in [5.41, 5.74) is 1.26. The third-order valence-electron chi connectivity index (χ3n) is 4.41. The van der Waals surface area contributed by atoms with Gasteiger partial charge >= 0.3 is 0 Å². The Kier molecular flexibility index (Phi) is 8.03. The smallest absolute Gasteiger partial charge is 0.222 e. The number of rotatable bonds is 4. The second kappa shape index (κ2) is 10.0. The molecule has 0 aromatic heterocycles. The number of likely N-dealkylation sites (tertiary alicyclic amines) is 1. The lowest BCUT2D eigenvalue weighted by Gasteiger charge is -2.35. The van der Waals surface area contributed by atoms with Gasteiger partial charge < -0.3 is 15.0 Å². The van der Waals surface area contributed by atoms with Crippen LogP contribution >= 0.6 is 11.6 Å². The Balaban J connectivity index is 0.00000100. The maximum atomic E-state index is 11.8. The third-order valence-corrected chi connectivity index (χ3v) is 4.66. The average molecular weight is 353 g/mol. The van der Waals surface area contributed by atoms with Crippen LogP contribution in [0.15, 0.2) is 24.3 Å². The van der Waals surface area contributed by atoms with Crippen LogP contribution in [-0.2, 0) is 16.0 Å². The van der Waals surface area contributed by atoms with Gasteiger partial charge in [0, 0.05) is 37.1 Å². The summed E-state index contributed by atoms with van der Waals surface area (Å²) in [5, 5.41) is 4.31. The summed E-state index contributed by atoms with van der Waals surface area (Å²) in [4.78, 5) is 13.8. The molecule has 2 atom stereocenters. The molecule has 1 amide bonds. The van der Waals surface area contributed by atoms with Crippen molar-refractivity contribution < 1.29 is 9.53 Å². The van der Waals surface area contributed by atoms with Crippen LogP contribution in [0.1, 0.15) is 38.7 Å². The number of carbonyl (C=O) groups excluding carboxylic acids is 1. The highest BCUT2D eigenvalue weighted by molar-refractivity contribution is 6.30. The van der Waals surface area contributed by atoms with Crippen molar-refractivity contribution in [3.8, 4) is 0 Å². The fourth-order valence-corrected chi connectivity index (χ4v) is 3.25. The molecule has 2 heterocycles. The first-order valence-electron chi connectivity index (χ1n) is 9.08. The molecule has 2 fully saturated rings. The topological polar surface area (TPSA) is 41.6 Å². The fraction of sp³-hybridized carbons (Fsp3) is 0.632. The Bertz CT molecular complexity index is 499. The number of benzene rings is 1. The molecular weight excluding hydrogens is 324 g/mol. The largest absolute Gasteiger partial charge is 0.373 e. The van der Waals surface area contributed by atoms with Gasteiger partial charge in [-0.05, 0) is 37.0 Å². The zero-order valence-electron chi connectivity index (χ0n) is 14.8. The minimum atomic E-state index is 0.114. The van der Waals surface area contributed by atoms with E-state index >= 15 is 0 Å². The number of nitrogens with one attached hydrogen (secondary N) is 1. The molecule has 3 rings (SSSR count). The maximum absolute atomic E-state index is 11.8. The van der Waals surface area contributed by atoms with E-state index < -0.39 is 0 Å². The number of hydrogen-bond donors (Lipinski definition) is 1. The number of carbonyl (C=O) groups is 1. The van der Waals surface area contributed by atoms with Crippen molar-refractivity contribution in [2.24, 2.45) is 0 Å². The zero-order valence-corrected chi connectivity index (χ0v) is 15.5. The van der Waals surface area contributed by atoms with Crippen LogP contribution in [-0.4, -0.2) is 49.2 Å². The van der Waals surface area contributed by atoms with Crippen LogP contribution in [0.4, 0.5) is 0 Å². The predicted octanol–water partition coefficient (Wildman–Crippen LogP) is 3.28. The van der Waals surface area contributed by atoms with Crippen LogP contribution in [0, 0.1) is 0 Å². The second-order valence-electron chi connectivity index (χ2n) is 6.19. The Morgan fingerprint density at radius 1 is 1.25 bits per heavy atom. The highest BCUT2D eigenvalue weighted by Crippen LogP contribution is 2.15. The minimum absolute atomic E-state index is 0.114. The van der Waals surface area contributed by atoms with Crippen LogP contribution < -0.4 is 5.32 Å². The Morgan fingerprint density at radius 2 is 2.00 bits per heavy atom. The molecule has 134 valence electrons. The quantitative estimate of drug-likeness (QED) is 0.904. The van der Waals surface area contributed by atoms with Gasteiger partial charge in [-0.15, -0.1) is 0 Å². The second-order valence-corrected chi connectivity index (χ2v) is 6.62. The first kappa shape index (κ1) is 19.2. The molecule has 0 saturated carbocycles. The highest BCUT2D eigenvalue weighted by Gasteiger charge is 2.26. The molecule has 0 aliphatic carbocycles. The Hall–Kier alpha value is -1.10. The SMILES string of the molecule is CC.O=C1CCCCN1CC1CNC(Cc2ccc(Cl)cc2)CO1. The van der Waals surface area contributed by atoms with Crippen molar-refractivity contribution in [1.29, 1.82) is 0 Å². The van der Waals surface area contributed by atoms with Gasteiger partial charge in [-0.1, -0.05) is 37.6 Å². The predicted molar refractivity (Wildman–Crippen MR) is 98.5 cm³/mol. The number of piperidine rings is 1. The number of hydrogen-bond acceptors (Lipinski definition) is 3. The van der Waals surface area contributed by atoms with Crippen molar-refractivity contribution in [2.75, 3.05) is 26.2 Å². The number of amides is 1.